The van der Waals surface area contributed by atoms with Gasteiger partial charge in [0.05, 0.1) is 15.7 Å². The minimum Gasteiger partial charge on any atom is -0.356 e. The van der Waals surface area contributed by atoms with Crippen LogP contribution < -0.4 is 5.32 Å². The molecule has 144 valence electrons. The van der Waals surface area contributed by atoms with Crippen molar-refractivity contribution in [2.45, 2.75) is 32.1 Å². The number of nitrogens with zero attached hydrogens (tertiary/aromatic N) is 2. The second-order valence-electron chi connectivity index (χ2n) is 6.61. The minimum atomic E-state index is -0.523. The Balaban J connectivity index is 1.54. The number of likely N-dealkylation sites (tertiary alicyclic amines) is 1. The summed E-state index contributed by atoms with van der Waals surface area (Å²) in [6.45, 7) is 3.37. The Hall–Kier alpha value is -1.99. The molecular weight excluding hydrogens is 389 g/mol. The van der Waals surface area contributed by atoms with E-state index in [1.165, 1.54) is 25.1 Å². The van der Waals surface area contributed by atoms with Crippen molar-refractivity contribution in [3.63, 3.8) is 0 Å². The molecule has 27 heavy (non-hydrogen) atoms. The van der Waals surface area contributed by atoms with Gasteiger partial charge in [0, 0.05) is 49.8 Å². The second kappa shape index (κ2) is 8.80. The average Bonchev–Trinajstić information content (AvgIpc) is 3.12. The summed E-state index contributed by atoms with van der Waals surface area (Å²) in [7, 11) is 0. The zero-order chi connectivity index (χ0) is 19.4. The van der Waals surface area contributed by atoms with Gasteiger partial charge in [0.25, 0.3) is 5.91 Å². The highest BCUT2D eigenvalue weighted by atomic mass is 35.5. The molecular formula is C19H21ClFN3O2S. The van der Waals surface area contributed by atoms with E-state index >= 15 is 0 Å². The Morgan fingerprint density at radius 1 is 1.37 bits per heavy atom. The number of hydrogen-bond donors (Lipinski definition) is 1. The SMILES string of the molecule is CC(=O)NCCc1csc(C2CCN(C(=O)c3ccc(F)c(Cl)c3)CC2)n1. The average molecular weight is 410 g/mol. The fraction of sp³-hybridized carbons (Fsp3) is 0.421. The van der Waals surface area contributed by atoms with E-state index in [2.05, 4.69) is 10.3 Å². The Morgan fingerprint density at radius 2 is 2.11 bits per heavy atom. The molecule has 1 aromatic carbocycles. The van der Waals surface area contributed by atoms with Crippen LogP contribution in [0, 0.1) is 5.82 Å². The molecule has 2 heterocycles. The summed E-state index contributed by atoms with van der Waals surface area (Å²) in [6, 6.07) is 4.08. The highest BCUT2D eigenvalue weighted by molar-refractivity contribution is 7.09. The van der Waals surface area contributed by atoms with E-state index in [0.29, 0.717) is 31.1 Å². The molecule has 1 fully saturated rings. The fourth-order valence-corrected chi connectivity index (χ4v) is 4.34. The van der Waals surface area contributed by atoms with Gasteiger partial charge in [0.15, 0.2) is 0 Å². The minimum absolute atomic E-state index is 0.0367. The first-order chi connectivity index (χ1) is 12.9. The van der Waals surface area contributed by atoms with Gasteiger partial charge < -0.3 is 10.2 Å². The number of rotatable bonds is 5. The van der Waals surface area contributed by atoms with Crippen molar-refractivity contribution >= 4 is 34.8 Å². The van der Waals surface area contributed by atoms with Gasteiger partial charge in [-0.25, -0.2) is 9.37 Å². The normalized spacial score (nSPS) is 15.0. The van der Waals surface area contributed by atoms with Gasteiger partial charge in [-0.1, -0.05) is 11.6 Å². The van der Waals surface area contributed by atoms with Crippen LogP contribution in [0.4, 0.5) is 4.39 Å². The highest BCUT2D eigenvalue weighted by Crippen LogP contribution is 2.31. The van der Waals surface area contributed by atoms with Crippen molar-refractivity contribution in [3.05, 3.63) is 50.7 Å². The summed E-state index contributed by atoms with van der Waals surface area (Å²) in [5.41, 5.74) is 1.40. The van der Waals surface area contributed by atoms with E-state index in [-0.39, 0.29) is 16.8 Å². The van der Waals surface area contributed by atoms with Crippen LogP contribution in [0.25, 0.3) is 0 Å². The van der Waals surface area contributed by atoms with Gasteiger partial charge >= 0.3 is 0 Å². The molecule has 8 heteroatoms. The molecule has 5 nitrogen and oxygen atoms in total. The molecule has 0 radical (unpaired) electrons. The van der Waals surface area contributed by atoms with Crippen molar-refractivity contribution in [1.29, 1.82) is 0 Å². The monoisotopic (exact) mass is 409 g/mol. The van der Waals surface area contributed by atoms with Gasteiger partial charge in [-0.2, -0.15) is 0 Å². The first-order valence-corrected chi connectivity index (χ1v) is 10.1. The van der Waals surface area contributed by atoms with Gasteiger partial charge in [-0.3, -0.25) is 9.59 Å². The predicted octanol–water partition coefficient (Wildman–Crippen LogP) is 3.63. The van der Waals surface area contributed by atoms with Crippen molar-refractivity contribution in [2.24, 2.45) is 0 Å². The summed E-state index contributed by atoms with van der Waals surface area (Å²) in [4.78, 5) is 30.0. The van der Waals surface area contributed by atoms with Gasteiger partial charge in [0.2, 0.25) is 5.91 Å². The standard InChI is InChI=1S/C19H21ClFN3O2S/c1-12(25)22-7-4-15-11-27-18(23-15)13-5-8-24(9-6-13)19(26)14-2-3-17(21)16(20)10-14/h2-3,10-11,13H,4-9H2,1H3,(H,22,25). The Labute approximate surface area is 166 Å². The predicted molar refractivity (Wildman–Crippen MR) is 104 cm³/mol. The van der Waals surface area contributed by atoms with E-state index in [1.807, 2.05) is 5.38 Å². The number of thiazole rings is 1. The molecule has 0 bridgehead atoms. The largest absolute Gasteiger partial charge is 0.356 e. The quantitative estimate of drug-likeness (QED) is 0.820. The Morgan fingerprint density at radius 3 is 2.78 bits per heavy atom. The lowest BCUT2D eigenvalue weighted by atomic mass is 9.97. The third-order valence-electron chi connectivity index (χ3n) is 4.62. The summed E-state index contributed by atoms with van der Waals surface area (Å²) in [6.07, 6.45) is 2.41. The molecule has 1 aliphatic rings. The molecule has 0 aliphatic carbocycles. The zero-order valence-electron chi connectivity index (χ0n) is 15.0. The molecule has 0 unspecified atom stereocenters. The summed E-state index contributed by atoms with van der Waals surface area (Å²) in [5, 5.41) is 5.86. The molecule has 0 saturated carbocycles. The third kappa shape index (κ3) is 5.05. The van der Waals surface area contributed by atoms with Gasteiger partial charge in [-0.15, -0.1) is 11.3 Å². The van der Waals surface area contributed by atoms with E-state index in [9.17, 15) is 14.0 Å². The van der Waals surface area contributed by atoms with Crippen LogP contribution in [0.5, 0.6) is 0 Å². The van der Waals surface area contributed by atoms with Crippen LogP contribution in [-0.4, -0.2) is 41.3 Å². The number of nitrogens with one attached hydrogen (secondary N) is 1. The van der Waals surface area contributed by atoms with E-state index < -0.39 is 5.82 Å². The Kier molecular flexibility index (Phi) is 6.44. The van der Waals surface area contributed by atoms with Crippen LogP contribution in [0.2, 0.25) is 5.02 Å². The maximum absolute atomic E-state index is 13.3. The van der Waals surface area contributed by atoms with Gasteiger partial charge in [-0.05, 0) is 31.0 Å². The van der Waals surface area contributed by atoms with E-state index in [0.717, 1.165) is 30.0 Å². The topological polar surface area (TPSA) is 62.3 Å². The molecule has 1 aliphatic heterocycles. The number of halogens is 2. The van der Waals surface area contributed by atoms with Crippen LogP contribution in [0.3, 0.4) is 0 Å². The number of amides is 2. The molecule has 1 aromatic heterocycles. The Bertz CT molecular complexity index is 834. The number of carbonyl (C=O) groups excluding carboxylic acids is 2. The molecule has 3 rings (SSSR count). The fourth-order valence-electron chi connectivity index (χ4n) is 3.13. The molecule has 1 N–H and O–H groups in total. The summed E-state index contributed by atoms with van der Waals surface area (Å²) in [5.74, 6) is -0.342. The lowest BCUT2D eigenvalue weighted by Gasteiger charge is -2.31. The maximum atomic E-state index is 13.3. The van der Waals surface area contributed by atoms with E-state index in [1.54, 1.807) is 16.2 Å². The smallest absolute Gasteiger partial charge is 0.253 e. The second-order valence-corrected chi connectivity index (χ2v) is 7.90. The summed E-state index contributed by atoms with van der Waals surface area (Å²) >= 11 is 7.42. The first-order valence-electron chi connectivity index (χ1n) is 8.87. The van der Waals surface area contributed by atoms with Crippen LogP contribution in [0.15, 0.2) is 23.6 Å². The highest BCUT2D eigenvalue weighted by Gasteiger charge is 2.26. The summed E-state index contributed by atoms with van der Waals surface area (Å²) < 4.78 is 13.3. The maximum Gasteiger partial charge on any atom is 0.253 e. The van der Waals surface area contributed by atoms with Crippen molar-refractivity contribution in [1.82, 2.24) is 15.2 Å². The number of benzene rings is 1. The number of piperidine rings is 1. The molecule has 1 saturated heterocycles. The molecule has 2 amide bonds. The van der Waals surface area contributed by atoms with Crippen LogP contribution >= 0.6 is 22.9 Å². The third-order valence-corrected chi connectivity index (χ3v) is 5.97. The lowest BCUT2D eigenvalue weighted by molar-refractivity contribution is -0.118. The molecule has 2 aromatic rings. The number of hydrogen-bond acceptors (Lipinski definition) is 4. The van der Waals surface area contributed by atoms with Crippen molar-refractivity contribution < 1.29 is 14.0 Å². The lowest BCUT2D eigenvalue weighted by Crippen LogP contribution is -2.37. The van der Waals surface area contributed by atoms with Crippen molar-refractivity contribution in [3.8, 4) is 0 Å². The van der Waals surface area contributed by atoms with Gasteiger partial charge in [0.1, 0.15) is 5.82 Å². The number of carbonyl (C=O) groups is 2. The number of aromatic nitrogens is 1. The zero-order valence-corrected chi connectivity index (χ0v) is 16.6. The van der Waals surface area contributed by atoms with Crippen LogP contribution in [0.1, 0.15) is 46.7 Å². The molecule has 0 atom stereocenters. The van der Waals surface area contributed by atoms with E-state index in [4.69, 9.17) is 11.6 Å². The molecule has 0 spiro atoms. The first kappa shape index (κ1) is 19.8. The van der Waals surface area contributed by atoms with Crippen molar-refractivity contribution in [2.75, 3.05) is 19.6 Å². The van der Waals surface area contributed by atoms with Crippen LogP contribution in [-0.2, 0) is 11.2 Å².